The van der Waals surface area contributed by atoms with Crippen LogP contribution in [0.15, 0.2) is 36.4 Å². The van der Waals surface area contributed by atoms with Crippen molar-refractivity contribution in [3.63, 3.8) is 0 Å². The van der Waals surface area contributed by atoms with Crippen LogP contribution in [0.2, 0.25) is 10.0 Å². The fourth-order valence-electron chi connectivity index (χ4n) is 3.11. The number of anilines is 2. The Kier molecular flexibility index (Phi) is 5.32. The summed E-state index contributed by atoms with van der Waals surface area (Å²) >= 11 is 12.3. The highest BCUT2D eigenvalue weighted by Gasteiger charge is 2.15. The molecular formula is C19H20Cl2N2O. The maximum atomic E-state index is 12.3. The molecule has 1 aliphatic rings. The van der Waals surface area contributed by atoms with Crippen LogP contribution in [0.1, 0.15) is 24.0 Å². The molecule has 0 radical (unpaired) electrons. The number of hydrogen-bond donors (Lipinski definition) is 1. The van der Waals surface area contributed by atoms with Crippen molar-refractivity contribution in [2.45, 2.75) is 26.2 Å². The van der Waals surface area contributed by atoms with Crippen molar-refractivity contribution in [2.75, 3.05) is 23.3 Å². The van der Waals surface area contributed by atoms with Gasteiger partial charge in [0.25, 0.3) is 0 Å². The van der Waals surface area contributed by atoms with Crippen LogP contribution in [0.5, 0.6) is 0 Å². The summed E-state index contributed by atoms with van der Waals surface area (Å²) in [6.07, 6.45) is 2.65. The number of carbonyl (C=O) groups excluding carboxylic acids is 1. The second kappa shape index (κ2) is 7.45. The maximum absolute atomic E-state index is 12.3. The number of nitrogens with one attached hydrogen (secondary N) is 1. The largest absolute Gasteiger partial charge is 0.371 e. The van der Waals surface area contributed by atoms with Crippen LogP contribution in [0.4, 0.5) is 11.4 Å². The van der Waals surface area contributed by atoms with Gasteiger partial charge in [-0.1, -0.05) is 29.3 Å². The molecule has 0 spiro atoms. The smallest absolute Gasteiger partial charge is 0.228 e. The van der Waals surface area contributed by atoms with Crippen LogP contribution in [0.3, 0.4) is 0 Å². The van der Waals surface area contributed by atoms with E-state index in [1.807, 2.05) is 12.1 Å². The highest BCUT2D eigenvalue weighted by atomic mass is 35.5. The normalized spacial score (nSPS) is 14.0. The molecule has 1 amide bonds. The fourth-order valence-corrected chi connectivity index (χ4v) is 3.64. The zero-order valence-electron chi connectivity index (χ0n) is 13.6. The fraction of sp³-hybridized carbons (Fsp3) is 0.316. The van der Waals surface area contributed by atoms with Crippen molar-refractivity contribution < 1.29 is 4.79 Å². The predicted octanol–water partition coefficient (Wildman–Crippen LogP) is 5.08. The molecule has 126 valence electrons. The van der Waals surface area contributed by atoms with E-state index in [1.54, 1.807) is 18.2 Å². The highest BCUT2D eigenvalue weighted by molar-refractivity contribution is 6.36. The molecule has 3 rings (SSSR count). The highest BCUT2D eigenvalue weighted by Crippen LogP contribution is 2.28. The number of hydrogen-bond acceptors (Lipinski definition) is 2. The van der Waals surface area contributed by atoms with Crippen molar-refractivity contribution in [3.05, 3.63) is 57.6 Å². The van der Waals surface area contributed by atoms with Crippen molar-refractivity contribution in [3.8, 4) is 0 Å². The average molecular weight is 363 g/mol. The number of aryl methyl sites for hydroxylation is 1. The van der Waals surface area contributed by atoms with Crippen LogP contribution in [0.25, 0.3) is 0 Å². The zero-order chi connectivity index (χ0) is 17.1. The molecule has 1 N–H and O–H groups in total. The average Bonchev–Trinajstić information content (AvgIpc) is 3.05. The molecule has 1 saturated heterocycles. The summed E-state index contributed by atoms with van der Waals surface area (Å²) in [6.45, 7) is 4.29. The summed E-state index contributed by atoms with van der Waals surface area (Å²) in [5, 5.41) is 3.95. The van der Waals surface area contributed by atoms with Gasteiger partial charge in [0.1, 0.15) is 0 Å². The summed E-state index contributed by atoms with van der Waals surface area (Å²) in [4.78, 5) is 14.7. The van der Waals surface area contributed by atoms with E-state index >= 15 is 0 Å². The molecule has 2 aromatic carbocycles. The van der Waals surface area contributed by atoms with Gasteiger partial charge in [0.2, 0.25) is 5.91 Å². The molecule has 5 heteroatoms. The van der Waals surface area contributed by atoms with E-state index in [2.05, 4.69) is 23.2 Å². The van der Waals surface area contributed by atoms with Crippen LogP contribution < -0.4 is 10.2 Å². The Labute approximate surface area is 152 Å². The molecule has 1 fully saturated rings. The Morgan fingerprint density at radius 2 is 1.79 bits per heavy atom. The molecule has 3 nitrogen and oxygen atoms in total. The van der Waals surface area contributed by atoms with Gasteiger partial charge in [0.05, 0.1) is 6.42 Å². The number of rotatable bonds is 4. The molecule has 0 bridgehead atoms. The number of benzene rings is 2. The van der Waals surface area contributed by atoms with Crippen molar-refractivity contribution in [2.24, 2.45) is 0 Å². The standard InChI is InChI=1S/C19H20Cl2N2O/c1-13-11-14(7-8-18(13)23-9-2-3-10-23)22-19(24)12-15-16(20)5-4-6-17(15)21/h4-8,11H,2-3,9-10,12H2,1H3,(H,22,24). The minimum absolute atomic E-state index is 0.127. The first-order chi connectivity index (χ1) is 11.5. The van der Waals surface area contributed by atoms with E-state index in [0.29, 0.717) is 15.6 Å². The zero-order valence-corrected chi connectivity index (χ0v) is 15.1. The molecule has 0 aromatic heterocycles. The van der Waals surface area contributed by atoms with Crippen LogP contribution in [0, 0.1) is 6.92 Å². The SMILES string of the molecule is Cc1cc(NC(=O)Cc2c(Cl)cccc2Cl)ccc1N1CCCC1. The Hall–Kier alpha value is -1.71. The van der Waals surface area contributed by atoms with Crippen LogP contribution in [-0.4, -0.2) is 19.0 Å². The Bertz CT molecular complexity index is 735. The number of amides is 1. The molecule has 0 atom stereocenters. The summed E-state index contributed by atoms with van der Waals surface area (Å²) in [5.74, 6) is -0.127. The lowest BCUT2D eigenvalue weighted by Crippen LogP contribution is -2.19. The Morgan fingerprint density at radius 3 is 2.42 bits per heavy atom. The van der Waals surface area contributed by atoms with Gasteiger partial charge >= 0.3 is 0 Å². The molecule has 2 aromatic rings. The third-order valence-corrected chi connectivity index (χ3v) is 5.03. The Morgan fingerprint density at radius 1 is 1.12 bits per heavy atom. The van der Waals surface area contributed by atoms with Gasteiger partial charge in [-0.25, -0.2) is 0 Å². The lowest BCUT2D eigenvalue weighted by molar-refractivity contribution is -0.115. The molecule has 1 heterocycles. The molecule has 1 aliphatic heterocycles. The number of nitrogens with zero attached hydrogens (tertiary/aromatic N) is 1. The lowest BCUT2D eigenvalue weighted by Gasteiger charge is -2.20. The summed E-state index contributed by atoms with van der Waals surface area (Å²) in [7, 11) is 0. The summed E-state index contributed by atoms with van der Waals surface area (Å²) in [5.41, 5.74) is 3.87. The first-order valence-corrected chi connectivity index (χ1v) is 8.88. The predicted molar refractivity (Wildman–Crippen MR) is 101 cm³/mol. The summed E-state index contributed by atoms with van der Waals surface area (Å²) in [6, 6.07) is 11.3. The Balaban J connectivity index is 1.69. The van der Waals surface area contributed by atoms with Crippen molar-refractivity contribution >= 4 is 40.5 Å². The monoisotopic (exact) mass is 362 g/mol. The van der Waals surface area contributed by atoms with Gasteiger partial charge in [-0.3, -0.25) is 4.79 Å². The van der Waals surface area contributed by atoms with Gasteiger partial charge in [-0.05, 0) is 61.2 Å². The first-order valence-electron chi connectivity index (χ1n) is 8.13. The van der Waals surface area contributed by atoms with Crippen LogP contribution in [-0.2, 0) is 11.2 Å². The second-order valence-corrected chi connectivity index (χ2v) is 6.93. The van der Waals surface area contributed by atoms with Crippen molar-refractivity contribution in [1.29, 1.82) is 0 Å². The minimum Gasteiger partial charge on any atom is -0.371 e. The van der Waals surface area contributed by atoms with E-state index in [0.717, 1.165) is 18.8 Å². The second-order valence-electron chi connectivity index (χ2n) is 6.12. The van der Waals surface area contributed by atoms with Gasteiger partial charge < -0.3 is 10.2 Å². The van der Waals surface area contributed by atoms with Gasteiger partial charge in [0.15, 0.2) is 0 Å². The van der Waals surface area contributed by atoms with E-state index in [1.165, 1.54) is 24.1 Å². The molecule has 0 aliphatic carbocycles. The topological polar surface area (TPSA) is 32.3 Å². The van der Waals surface area contributed by atoms with E-state index in [9.17, 15) is 4.79 Å². The first kappa shape index (κ1) is 17.1. The number of halogens is 2. The van der Waals surface area contributed by atoms with Crippen molar-refractivity contribution in [1.82, 2.24) is 0 Å². The van der Waals surface area contributed by atoms with E-state index < -0.39 is 0 Å². The molecule has 0 unspecified atom stereocenters. The minimum atomic E-state index is -0.127. The van der Waals surface area contributed by atoms with Gasteiger partial charge in [-0.2, -0.15) is 0 Å². The molecule has 24 heavy (non-hydrogen) atoms. The van der Waals surface area contributed by atoms with E-state index in [-0.39, 0.29) is 12.3 Å². The molecular weight excluding hydrogens is 343 g/mol. The molecule has 0 saturated carbocycles. The van der Waals surface area contributed by atoms with Gasteiger partial charge in [0, 0.05) is 34.5 Å². The lowest BCUT2D eigenvalue weighted by atomic mass is 10.1. The third-order valence-electron chi connectivity index (χ3n) is 4.33. The van der Waals surface area contributed by atoms with Gasteiger partial charge in [-0.15, -0.1) is 0 Å². The number of carbonyl (C=O) groups is 1. The van der Waals surface area contributed by atoms with Crippen LogP contribution >= 0.6 is 23.2 Å². The third kappa shape index (κ3) is 3.85. The van der Waals surface area contributed by atoms with E-state index in [4.69, 9.17) is 23.2 Å². The quantitative estimate of drug-likeness (QED) is 0.821. The maximum Gasteiger partial charge on any atom is 0.228 e. The summed E-state index contributed by atoms with van der Waals surface area (Å²) < 4.78 is 0.